The molecule has 0 saturated heterocycles. The van der Waals surface area contributed by atoms with Crippen molar-refractivity contribution in [3.05, 3.63) is 57.8 Å². The molecule has 0 aliphatic rings. The molecule has 2 aromatic rings. The van der Waals surface area contributed by atoms with E-state index in [-0.39, 0.29) is 11.6 Å². The Morgan fingerprint density at radius 1 is 1.14 bits per heavy atom. The number of hydrogen-bond donors (Lipinski definition) is 1. The van der Waals surface area contributed by atoms with E-state index in [1.165, 1.54) is 6.07 Å². The highest BCUT2D eigenvalue weighted by molar-refractivity contribution is 9.10. The summed E-state index contributed by atoms with van der Waals surface area (Å²) >= 11 is 3.46. The van der Waals surface area contributed by atoms with Crippen molar-refractivity contribution in [2.24, 2.45) is 0 Å². The van der Waals surface area contributed by atoms with Crippen molar-refractivity contribution in [3.63, 3.8) is 0 Å². The van der Waals surface area contributed by atoms with Crippen LogP contribution in [-0.4, -0.2) is 6.54 Å². The van der Waals surface area contributed by atoms with Gasteiger partial charge >= 0.3 is 0 Å². The first kappa shape index (κ1) is 16.0. The third-order valence-corrected chi connectivity index (χ3v) is 3.56. The minimum absolute atomic E-state index is 0.258. The van der Waals surface area contributed by atoms with Gasteiger partial charge in [0.1, 0.15) is 5.75 Å². The van der Waals surface area contributed by atoms with Gasteiger partial charge in [-0.25, -0.2) is 4.39 Å². The Labute approximate surface area is 133 Å². The molecule has 2 rings (SSSR count). The lowest BCUT2D eigenvalue weighted by atomic mass is 10.2. The Morgan fingerprint density at radius 3 is 2.71 bits per heavy atom. The Bertz CT molecular complexity index is 616. The van der Waals surface area contributed by atoms with Gasteiger partial charge in [-0.05, 0) is 55.8 Å². The number of benzene rings is 2. The van der Waals surface area contributed by atoms with Crippen molar-refractivity contribution in [1.82, 2.24) is 5.32 Å². The summed E-state index contributed by atoms with van der Waals surface area (Å²) in [5, 5.41) is 3.34. The lowest BCUT2D eigenvalue weighted by molar-refractivity contribution is 0.435. The van der Waals surface area contributed by atoms with Crippen molar-refractivity contribution in [2.45, 2.75) is 26.8 Å². The fraction of sp³-hybridized carbons (Fsp3) is 0.294. The third kappa shape index (κ3) is 4.55. The Morgan fingerprint density at radius 2 is 1.95 bits per heavy atom. The second kappa shape index (κ2) is 7.57. The van der Waals surface area contributed by atoms with Gasteiger partial charge in [0.25, 0.3) is 0 Å². The van der Waals surface area contributed by atoms with Gasteiger partial charge < -0.3 is 10.1 Å². The van der Waals surface area contributed by atoms with Crippen molar-refractivity contribution in [1.29, 1.82) is 0 Å². The molecule has 0 bridgehead atoms. The zero-order valence-corrected chi connectivity index (χ0v) is 13.8. The summed E-state index contributed by atoms with van der Waals surface area (Å²) in [6, 6.07) is 10.6. The number of hydrogen-bond acceptors (Lipinski definition) is 2. The highest BCUT2D eigenvalue weighted by Gasteiger charge is 2.09. The number of ether oxygens (including phenoxy) is 1. The maximum absolute atomic E-state index is 13.8. The second-order valence-corrected chi connectivity index (χ2v) is 5.88. The topological polar surface area (TPSA) is 21.3 Å². The van der Waals surface area contributed by atoms with Gasteiger partial charge in [-0.15, -0.1) is 0 Å². The quantitative estimate of drug-likeness (QED) is 0.723. The summed E-state index contributed by atoms with van der Waals surface area (Å²) in [7, 11) is 0. The number of halogens is 2. The smallest absolute Gasteiger partial charge is 0.165 e. The second-order valence-electron chi connectivity index (χ2n) is 4.96. The van der Waals surface area contributed by atoms with Crippen LogP contribution in [0.4, 0.5) is 4.39 Å². The van der Waals surface area contributed by atoms with Crippen LogP contribution in [0.15, 0.2) is 40.9 Å². The highest BCUT2D eigenvalue weighted by atomic mass is 79.9. The van der Waals surface area contributed by atoms with Gasteiger partial charge in [0.05, 0.1) is 0 Å². The van der Waals surface area contributed by atoms with Crippen LogP contribution in [0.3, 0.4) is 0 Å². The molecule has 0 unspecified atom stereocenters. The Balaban J connectivity index is 2.24. The van der Waals surface area contributed by atoms with Crippen molar-refractivity contribution in [3.8, 4) is 11.5 Å². The average Bonchev–Trinajstić information content (AvgIpc) is 2.46. The molecule has 0 atom stereocenters. The molecule has 21 heavy (non-hydrogen) atoms. The van der Waals surface area contributed by atoms with Crippen LogP contribution in [0.2, 0.25) is 0 Å². The molecule has 0 heterocycles. The minimum Gasteiger partial charge on any atom is -0.454 e. The van der Waals surface area contributed by atoms with Crippen molar-refractivity contribution < 1.29 is 9.13 Å². The zero-order valence-electron chi connectivity index (χ0n) is 12.2. The Kier molecular flexibility index (Phi) is 5.76. The summed E-state index contributed by atoms with van der Waals surface area (Å²) in [6.45, 7) is 5.66. The van der Waals surface area contributed by atoms with Gasteiger partial charge in [-0.3, -0.25) is 0 Å². The van der Waals surface area contributed by atoms with E-state index in [0.29, 0.717) is 12.3 Å². The molecule has 112 valence electrons. The predicted octanol–water partition coefficient (Wildman–Crippen LogP) is 5.19. The average molecular weight is 352 g/mol. The monoisotopic (exact) mass is 351 g/mol. The van der Waals surface area contributed by atoms with E-state index < -0.39 is 0 Å². The van der Waals surface area contributed by atoms with Gasteiger partial charge in [0.2, 0.25) is 0 Å². The maximum atomic E-state index is 13.8. The van der Waals surface area contributed by atoms with E-state index in [1.807, 2.05) is 25.1 Å². The maximum Gasteiger partial charge on any atom is 0.165 e. The van der Waals surface area contributed by atoms with E-state index in [4.69, 9.17) is 4.74 Å². The lowest BCUT2D eigenvalue weighted by Gasteiger charge is -2.13. The zero-order chi connectivity index (χ0) is 15.2. The standard InChI is InChI=1S/C17H19BrFNO/c1-3-8-20-11-13-10-14(18)5-7-16(13)21-17-9-12(2)4-6-15(17)19/h4-7,9-10,20H,3,8,11H2,1-2H3. The molecule has 0 aromatic heterocycles. The first-order valence-corrected chi connectivity index (χ1v) is 7.82. The van der Waals surface area contributed by atoms with Crippen LogP contribution in [0.1, 0.15) is 24.5 Å². The Hall–Kier alpha value is -1.39. The molecule has 0 aliphatic carbocycles. The molecule has 0 fully saturated rings. The first-order chi connectivity index (χ1) is 10.1. The highest BCUT2D eigenvalue weighted by Crippen LogP contribution is 2.30. The molecule has 2 nitrogen and oxygen atoms in total. The predicted molar refractivity (Wildman–Crippen MR) is 87.4 cm³/mol. The van der Waals surface area contributed by atoms with Crippen LogP contribution in [0.5, 0.6) is 11.5 Å². The van der Waals surface area contributed by atoms with Crippen LogP contribution in [0.25, 0.3) is 0 Å². The van der Waals surface area contributed by atoms with E-state index >= 15 is 0 Å². The normalized spacial score (nSPS) is 10.7. The molecule has 4 heteroatoms. The minimum atomic E-state index is -0.351. The molecule has 0 saturated carbocycles. The number of nitrogens with one attached hydrogen (secondary N) is 1. The van der Waals surface area contributed by atoms with Gasteiger partial charge in [0.15, 0.2) is 11.6 Å². The van der Waals surface area contributed by atoms with Crippen molar-refractivity contribution >= 4 is 15.9 Å². The summed E-state index contributed by atoms with van der Waals surface area (Å²) < 4.78 is 20.6. The fourth-order valence-electron chi connectivity index (χ4n) is 1.99. The van der Waals surface area contributed by atoms with Gasteiger partial charge in [0, 0.05) is 16.6 Å². The van der Waals surface area contributed by atoms with E-state index in [9.17, 15) is 4.39 Å². The molecule has 0 radical (unpaired) electrons. The van der Waals surface area contributed by atoms with Crippen LogP contribution in [-0.2, 0) is 6.54 Å². The van der Waals surface area contributed by atoms with Crippen LogP contribution in [0, 0.1) is 12.7 Å². The molecule has 0 aliphatic heterocycles. The summed E-state index contributed by atoms with van der Waals surface area (Å²) in [5.41, 5.74) is 1.97. The lowest BCUT2D eigenvalue weighted by Crippen LogP contribution is -2.14. The summed E-state index contributed by atoms with van der Waals surface area (Å²) in [5.74, 6) is 0.580. The van der Waals surface area contributed by atoms with E-state index in [0.717, 1.165) is 28.6 Å². The van der Waals surface area contributed by atoms with Gasteiger partial charge in [-0.2, -0.15) is 0 Å². The molecule has 0 spiro atoms. The summed E-state index contributed by atoms with van der Waals surface area (Å²) in [6.07, 6.45) is 1.07. The first-order valence-electron chi connectivity index (χ1n) is 7.03. The molecule has 2 aromatic carbocycles. The molecule has 1 N–H and O–H groups in total. The largest absolute Gasteiger partial charge is 0.454 e. The van der Waals surface area contributed by atoms with E-state index in [1.54, 1.807) is 12.1 Å². The number of rotatable bonds is 6. The van der Waals surface area contributed by atoms with Crippen LogP contribution >= 0.6 is 15.9 Å². The van der Waals surface area contributed by atoms with Crippen molar-refractivity contribution in [2.75, 3.05) is 6.54 Å². The molecular weight excluding hydrogens is 333 g/mol. The molecule has 0 amide bonds. The fourth-order valence-corrected chi connectivity index (χ4v) is 2.40. The SMILES string of the molecule is CCCNCc1cc(Br)ccc1Oc1cc(C)ccc1F. The molecular formula is C17H19BrFNO. The number of aryl methyl sites for hydroxylation is 1. The third-order valence-electron chi connectivity index (χ3n) is 3.07. The van der Waals surface area contributed by atoms with E-state index in [2.05, 4.69) is 28.2 Å². The van der Waals surface area contributed by atoms with Gasteiger partial charge in [-0.1, -0.05) is 28.9 Å². The summed E-state index contributed by atoms with van der Waals surface area (Å²) in [4.78, 5) is 0. The van der Waals surface area contributed by atoms with Crippen LogP contribution < -0.4 is 10.1 Å².